The topological polar surface area (TPSA) is 35.8 Å². The molecule has 0 aliphatic rings. The molecule has 0 spiro atoms. The number of benzene rings is 2. The standard InChI is InChI=1S/C14H8F4N2/c15-9-1-3-10(4-2-9)20-13(7-19)8-5-11(16)14(18)12(17)6-8/h1-6,13,20H. The van der Waals surface area contributed by atoms with Crippen LogP contribution in [0, 0.1) is 34.6 Å². The molecule has 0 aliphatic carbocycles. The van der Waals surface area contributed by atoms with E-state index in [1.54, 1.807) is 6.07 Å². The minimum atomic E-state index is -1.59. The maximum Gasteiger partial charge on any atom is 0.194 e. The first kappa shape index (κ1) is 13.9. The van der Waals surface area contributed by atoms with Crippen molar-refractivity contribution in [3.8, 4) is 6.07 Å². The van der Waals surface area contributed by atoms with Crippen molar-refractivity contribution in [1.29, 1.82) is 5.26 Å². The van der Waals surface area contributed by atoms with Gasteiger partial charge in [-0.25, -0.2) is 17.6 Å². The maximum atomic E-state index is 13.1. The quantitative estimate of drug-likeness (QED) is 0.683. The summed E-state index contributed by atoms with van der Waals surface area (Å²) in [6.07, 6.45) is 0. The zero-order chi connectivity index (χ0) is 14.7. The van der Waals surface area contributed by atoms with Crippen LogP contribution in [-0.4, -0.2) is 0 Å². The highest BCUT2D eigenvalue weighted by Gasteiger charge is 2.17. The average molecular weight is 280 g/mol. The van der Waals surface area contributed by atoms with Gasteiger partial charge in [-0.2, -0.15) is 5.26 Å². The molecule has 0 bridgehead atoms. The number of anilines is 1. The number of rotatable bonds is 3. The Bertz CT molecular complexity index is 639. The van der Waals surface area contributed by atoms with Crippen LogP contribution in [0.3, 0.4) is 0 Å². The fourth-order valence-corrected chi connectivity index (χ4v) is 1.64. The van der Waals surface area contributed by atoms with Crippen LogP contribution in [0.2, 0.25) is 0 Å². The van der Waals surface area contributed by atoms with E-state index in [1.807, 2.05) is 0 Å². The van der Waals surface area contributed by atoms with Gasteiger partial charge in [0.1, 0.15) is 11.9 Å². The molecule has 2 aromatic carbocycles. The summed E-state index contributed by atoms with van der Waals surface area (Å²) < 4.78 is 51.9. The summed E-state index contributed by atoms with van der Waals surface area (Å²) in [4.78, 5) is 0. The Hall–Kier alpha value is -2.55. The van der Waals surface area contributed by atoms with Crippen molar-refractivity contribution in [1.82, 2.24) is 0 Å². The number of hydrogen-bond donors (Lipinski definition) is 1. The van der Waals surface area contributed by atoms with E-state index in [9.17, 15) is 17.6 Å². The smallest absolute Gasteiger partial charge is 0.194 e. The van der Waals surface area contributed by atoms with Crippen LogP contribution in [0.4, 0.5) is 23.2 Å². The lowest BCUT2D eigenvalue weighted by Gasteiger charge is -2.13. The van der Waals surface area contributed by atoms with Crippen LogP contribution in [0.25, 0.3) is 0 Å². The van der Waals surface area contributed by atoms with E-state index in [0.29, 0.717) is 5.69 Å². The van der Waals surface area contributed by atoms with Gasteiger partial charge in [0.15, 0.2) is 17.5 Å². The summed E-state index contributed by atoms with van der Waals surface area (Å²) in [5.41, 5.74) is 0.330. The molecule has 2 nitrogen and oxygen atoms in total. The molecular formula is C14H8F4N2. The molecule has 6 heteroatoms. The Balaban J connectivity index is 2.29. The minimum absolute atomic E-state index is 0.0618. The van der Waals surface area contributed by atoms with Gasteiger partial charge < -0.3 is 5.32 Å². The number of hydrogen-bond acceptors (Lipinski definition) is 2. The first-order valence-electron chi connectivity index (χ1n) is 5.57. The largest absolute Gasteiger partial charge is 0.366 e. The van der Waals surface area contributed by atoms with E-state index in [0.717, 1.165) is 12.1 Å². The van der Waals surface area contributed by atoms with Crippen LogP contribution in [0.1, 0.15) is 11.6 Å². The van der Waals surface area contributed by atoms with E-state index < -0.39 is 29.3 Å². The lowest BCUT2D eigenvalue weighted by atomic mass is 10.1. The molecule has 1 unspecified atom stereocenters. The molecule has 2 aromatic rings. The number of halogens is 4. The maximum absolute atomic E-state index is 13.1. The van der Waals surface area contributed by atoms with Crippen LogP contribution in [0.15, 0.2) is 36.4 Å². The molecule has 0 fully saturated rings. The number of nitriles is 1. The minimum Gasteiger partial charge on any atom is -0.366 e. The average Bonchev–Trinajstić information content (AvgIpc) is 2.43. The molecule has 1 N–H and O–H groups in total. The fraction of sp³-hybridized carbons (Fsp3) is 0.0714. The van der Waals surface area contributed by atoms with Crippen LogP contribution in [-0.2, 0) is 0 Å². The molecule has 0 aromatic heterocycles. The summed E-state index contributed by atoms with van der Waals surface area (Å²) in [5, 5.41) is 11.7. The van der Waals surface area contributed by atoms with Gasteiger partial charge >= 0.3 is 0 Å². The van der Waals surface area contributed by atoms with E-state index in [4.69, 9.17) is 5.26 Å². The van der Waals surface area contributed by atoms with Crippen LogP contribution in [0.5, 0.6) is 0 Å². The summed E-state index contributed by atoms with van der Waals surface area (Å²) in [6, 6.07) is 7.26. The molecule has 2 rings (SSSR count). The summed E-state index contributed by atoms with van der Waals surface area (Å²) >= 11 is 0. The second-order valence-electron chi connectivity index (χ2n) is 4.01. The van der Waals surface area contributed by atoms with Crippen molar-refractivity contribution in [3.05, 3.63) is 65.2 Å². The van der Waals surface area contributed by atoms with E-state index >= 15 is 0 Å². The first-order valence-corrected chi connectivity index (χ1v) is 5.57. The lowest BCUT2D eigenvalue weighted by Crippen LogP contribution is -2.10. The van der Waals surface area contributed by atoms with Gasteiger partial charge in [0.2, 0.25) is 0 Å². The van der Waals surface area contributed by atoms with Gasteiger partial charge in [-0.1, -0.05) is 0 Å². The SMILES string of the molecule is N#CC(Nc1ccc(F)cc1)c1cc(F)c(F)c(F)c1. The molecule has 0 aliphatic heterocycles. The Kier molecular flexibility index (Phi) is 3.89. The Morgan fingerprint density at radius 3 is 2.00 bits per heavy atom. The normalized spacial score (nSPS) is 11.8. The summed E-state index contributed by atoms with van der Waals surface area (Å²) in [5.74, 6) is -4.79. The zero-order valence-corrected chi connectivity index (χ0v) is 10.0. The fourth-order valence-electron chi connectivity index (χ4n) is 1.64. The molecule has 0 amide bonds. The summed E-state index contributed by atoms with van der Waals surface area (Å²) in [7, 11) is 0. The van der Waals surface area contributed by atoms with Crippen molar-refractivity contribution in [2.24, 2.45) is 0 Å². The van der Waals surface area contributed by atoms with Gasteiger partial charge in [0.05, 0.1) is 6.07 Å². The molecule has 1 atom stereocenters. The van der Waals surface area contributed by atoms with Crippen molar-refractivity contribution < 1.29 is 17.6 Å². The first-order chi connectivity index (χ1) is 9.51. The third-order valence-corrected chi connectivity index (χ3v) is 2.62. The predicted molar refractivity (Wildman–Crippen MR) is 64.7 cm³/mol. The second-order valence-corrected chi connectivity index (χ2v) is 4.01. The molecule has 0 heterocycles. The Labute approximate surface area is 112 Å². The number of nitrogens with zero attached hydrogens (tertiary/aromatic N) is 1. The molecule has 0 saturated heterocycles. The molecular weight excluding hydrogens is 272 g/mol. The molecule has 0 saturated carbocycles. The highest BCUT2D eigenvalue weighted by molar-refractivity contribution is 5.47. The zero-order valence-electron chi connectivity index (χ0n) is 10.0. The van der Waals surface area contributed by atoms with Gasteiger partial charge in [0, 0.05) is 5.69 Å². The third-order valence-electron chi connectivity index (χ3n) is 2.62. The molecule has 102 valence electrons. The van der Waals surface area contributed by atoms with Crippen molar-refractivity contribution in [2.45, 2.75) is 6.04 Å². The Morgan fingerprint density at radius 2 is 1.50 bits per heavy atom. The number of nitrogens with one attached hydrogen (secondary N) is 1. The van der Waals surface area contributed by atoms with Gasteiger partial charge in [-0.15, -0.1) is 0 Å². The third kappa shape index (κ3) is 2.88. The molecule has 0 radical (unpaired) electrons. The van der Waals surface area contributed by atoms with Gasteiger partial charge in [-0.05, 0) is 42.0 Å². The van der Waals surface area contributed by atoms with Gasteiger partial charge in [0.25, 0.3) is 0 Å². The highest BCUT2D eigenvalue weighted by atomic mass is 19.2. The van der Waals surface area contributed by atoms with E-state index in [-0.39, 0.29) is 5.56 Å². The molecule has 20 heavy (non-hydrogen) atoms. The van der Waals surface area contributed by atoms with E-state index in [2.05, 4.69) is 5.32 Å². The Morgan fingerprint density at radius 1 is 0.950 bits per heavy atom. The highest BCUT2D eigenvalue weighted by Crippen LogP contribution is 2.22. The van der Waals surface area contributed by atoms with E-state index in [1.165, 1.54) is 24.3 Å². The summed E-state index contributed by atoms with van der Waals surface area (Å²) in [6.45, 7) is 0. The van der Waals surface area contributed by atoms with Gasteiger partial charge in [-0.3, -0.25) is 0 Å². The lowest BCUT2D eigenvalue weighted by molar-refractivity contribution is 0.445. The van der Waals surface area contributed by atoms with Crippen molar-refractivity contribution in [3.63, 3.8) is 0 Å². The van der Waals surface area contributed by atoms with Crippen molar-refractivity contribution in [2.75, 3.05) is 5.32 Å². The second kappa shape index (κ2) is 5.61. The van der Waals surface area contributed by atoms with Crippen LogP contribution < -0.4 is 5.32 Å². The predicted octanol–water partition coefficient (Wildman–Crippen LogP) is 3.92. The monoisotopic (exact) mass is 280 g/mol. The van der Waals surface area contributed by atoms with Crippen LogP contribution >= 0.6 is 0 Å². The van der Waals surface area contributed by atoms with Crippen molar-refractivity contribution >= 4 is 5.69 Å².